The molecule has 108 valence electrons. The molecule has 0 aliphatic carbocycles. The third-order valence-corrected chi connectivity index (χ3v) is 3.27. The number of allylic oxidation sites excluding steroid dienone is 2. The van der Waals surface area contributed by atoms with Crippen molar-refractivity contribution in [3.05, 3.63) is 60.7 Å². The van der Waals surface area contributed by atoms with Crippen LogP contribution in [0.3, 0.4) is 0 Å². The fraction of sp³-hybridized carbons (Fsp3) is 0.412. The molecule has 20 heavy (non-hydrogen) atoms. The molecule has 1 N–H and O–H groups in total. The van der Waals surface area contributed by atoms with E-state index in [4.69, 9.17) is 9.47 Å². The fourth-order valence-electron chi connectivity index (χ4n) is 2.25. The molecule has 1 fully saturated rings. The average molecular weight is 273 g/mol. The van der Waals surface area contributed by atoms with Gasteiger partial charge in [0, 0.05) is 6.54 Å². The highest BCUT2D eigenvalue weighted by molar-refractivity contribution is 5.15. The zero-order valence-corrected chi connectivity index (χ0v) is 12.2. The molecule has 3 nitrogen and oxygen atoms in total. The molecule has 3 heteroatoms. The van der Waals surface area contributed by atoms with Crippen LogP contribution >= 0.6 is 0 Å². The summed E-state index contributed by atoms with van der Waals surface area (Å²) in [7, 11) is 0. The lowest BCUT2D eigenvalue weighted by molar-refractivity contribution is -0.140. The number of hydrogen-bond donors (Lipinski definition) is 1. The number of hydrogen-bond acceptors (Lipinski definition) is 3. The van der Waals surface area contributed by atoms with Crippen molar-refractivity contribution >= 4 is 0 Å². The maximum absolute atomic E-state index is 5.93. The molecule has 1 aromatic rings. The predicted molar refractivity (Wildman–Crippen MR) is 81.3 cm³/mol. The van der Waals surface area contributed by atoms with E-state index >= 15 is 0 Å². The summed E-state index contributed by atoms with van der Waals surface area (Å²) in [5.41, 5.74) is 1.25. The Morgan fingerprint density at radius 1 is 1.40 bits per heavy atom. The summed E-state index contributed by atoms with van der Waals surface area (Å²) in [6.45, 7) is 9.00. The predicted octanol–water partition coefficient (Wildman–Crippen LogP) is 3.04. The first-order valence-electron chi connectivity index (χ1n) is 6.99. The lowest BCUT2D eigenvalue weighted by Gasteiger charge is -2.23. The average Bonchev–Trinajstić information content (AvgIpc) is 2.80. The monoisotopic (exact) mass is 273 g/mol. The summed E-state index contributed by atoms with van der Waals surface area (Å²) >= 11 is 0. The summed E-state index contributed by atoms with van der Waals surface area (Å²) < 4.78 is 11.6. The SMILES string of the molecule is C=C/C=C/[C@@H](NCc1ccccc1)[C@H]1COC(C)(C)O1. The van der Waals surface area contributed by atoms with Crippen LogP contribution in [0.2, 0.25) is 0 Å². The molecular weight excluding hydrogens is 250 g/mol. The van der Waals surface area contributed by atoms with Gasteiger partial charge in [-0.3, -0.25) is 0 Å². The lowest BCUT2D eigenvalue weighted by Crippen LogP contribution is -2.40. The molecule has 2 atom stereocenters. The summed E-state index contributed by atoms with van der Waals surface area (Å²) in [6.07, 6.45) is 5.81. The molecule has 0 spiro atoms. The first kappa shape index (κ1) is 15.0. The Labute approximate surface area is 121 Å². The van der Waals surface area contributed by atoms with Gasteiger partial charge in [0.25, 0.3) is 0 Å². The highest BCUT2D eigenvalue weighted by Gasteiger charge is 2.36. The summed E-state index contributed by atoms with van der Waals surface area (Å²) in [6, 6.07) is 10.4. The number of rotatable bonds is 6. The van der Waals surface area contributed by atoms with E-state index in [0.717, 1.165) is 6.54 Å². The molecule has 0 aromatic heterocycles. The van der Waals surface area contributed by atoms with Crippen molar-refractivity contribution in [3.63, 3.8) is 0 Å². The molecule has 1 aliphatic rings. The van der Waals surface area contributed by atoms with E-state index in [2.05, 4.69) is 30.1 Å². The van der Waals surface area contributed by atoms with Crippen LogP contribution in [0.5, 0.6) is 0 Å². The third kappa shape index (κ3) is 4.30. The van der Waals surface area contributed by atoms with Gasteiger partial charge in [-0.1, -0.05) is 55.1 Å². The highest BCUT2D eigenvalue weighted by atomic mass is 16.7. The maximum atomic E-state index is 5.93. The second-order valence-electron chi connectivity index (χ2n) is 5.38. The van der Waals surface area contributed by atoms with Gasteiger partial charge in [-0.05, 0) is 19.4 Å². The Morgan fingerprint density at radius 2 is 2.15 bits per heavy atom. The van der Waals surface area contributed by atoms with Crippen LogP contribution in [0.25, 0.3) is 0 Å². The molecule has 1 saturated heterocycles. The second kappa shape index (κ2) is 6.84. The van der Waals surface area contributed by atoms with E-state index in [1.807, 2.05) is 38.1 Å². The third-order valence-electron chi connectivity index (χ3n) is 3.27. The first-order valence-corrected chi connectivity index (χ1v) is 6.99. The molecule has 0 amide bonds. The minimum atomic E-state index is -0.501. The summed E-state index contributed by atoms with van der Waals surface area (Å²) in [5, 5.41) is 3.51. The first-order chi connectivity index (χ1) is 9.61. The number of ether oxygens (including phenoxy) is 2. The number of nitrogens with one attached hydrogen (secondary N) is 1. The Kier molecular flexibility index (Phi) is 5.12. The molecule has 1 heterocycles. The van der Waals surface area contributed by atoms with Gasteiger partial charge in [0.05, 0.1) is 12.6 Å². The summed E-state index contributed by atoms with van der Waals surface area (Å²) in [4.78, 5) is 0. The molecule has 0 bridgehead atoms. The van der Waals surface area contributed by atoms with Crippen molar-refractivity contribution in [2.75, 3.05) is 6.61 Å². The van der Waals surface area contributed by atoms with Crippen molar-refractivity contribution in [3.8, 4) is 0 Å². The van der Waals surface area contributed by atoms with Gasteiger partial charge in [-0.15, -0.1) is 0 Å². The van der Waals surface area contributed by atoms with Gasteiger partial charge in [-0.2, -0.15) is 0 Å². The second-order valence-corrected chi connectivity index (χ2v) is 5.38. The molecule has 1 aromatic carbocycles. The van der Waals surface area contributed by atoms with E-state index in [1.165, 1.54) is 5.56 Å². The van der Waals surface area contributed by atoms with Crippen LogP contribution in [0.15, 0.2) is 55.1 Å². The Hall–Kier alpha value is -1.42. The van der Waals surface area contributed by atoms with Crippen LogP contribution < -0.4 is 5.32 Å². The van der Waals surface area contributed by atoms with E-state index in [1.54, 1.807) is 6.08 Å². The van der Waals surface area contributed by atoms with Crippen LogP contribution in [0, 0.1) is 0 Å². The van der Waals surface area contributed by atoms with Crippen LogP contribution in [-0.4, -0.2) is 24.5 Å². The van der Waals surface area contributed by atoms with Crippen LogP contribution in [0.1, 0.15) is 19.4 Å². The zero-order chi connectivity index (χ0) is 14.4. The quantitative estimate of drug-likeness (QED) is 0.808. The van der Waals surface area contributed by atoms with E-state index < -0.39 is 5.79 Å². The standard InChI is InChI=1S/C17H23NO2/c1-4-5-11-15(16-13-19-17(2,3)20-16)18-12-14-9-7-6-8-10-14/h4-11,15-16,18H,1,12-13H2,2-3H3/b11-5+/t15-,16-/m1/s1. The van der Waals surface area contributed by atoms with Crippen LogP contribution in [-0.2, 0) is 16.0 Å². The highest BCUT2D eigenvalue weighted by Crippen LogP contribution is 2.24. The van der Waals surface area contributed by atoms with Crippen LogP contribution in [0.4, 0.5) is 0 Å². The van der Waals surface area contributed by atoms with Crippen molar-refractivity contribution in [2.45, 2.75) is 38.3 Å². The van der Waals surface area contributed by atoms with Crippen molar-refractivity contribution in [1.82, 2.24) is 5.32 Å². The normalized spacial score (nSPS) is 23.0. The largest absolute Gasteiger partial charge is 0.348 e. The molecular formula is C17H23NO2. The Balaban J connectivity index is 1.97. The maximum Gasteiger partial charge on any atom is 0.163 e. The zero-order valence-electron chi connectivity index (χ0n) is 12.2. The van der Waals surface area contributed by atoms with Gasteiger partial charge in [-0.25, -0.2) is 0 Å². The molecule has 0 unspecified atom stereocenters. The molecule has 0 saturated carbocycles. The Bertz CT molecular complexity index is 453. The van der Waals surface area contributed by atoms with E-state index in [-0.39, 0.29) is 12.1 Å². The minimum absolute atomic E-state index is 0.0184. The van der Waals surface area contributed by atoms with Gasteiger partial charge in [0.15, 0.2) is 5.79 Å². The summed E-state index contributed by atoms with van der Waals surface area (Å²) in [5.74, 6) is -0.501. The molecule has 0 radical (unpaired) electrons. The number of benzene rings is 1. The smallest absolute Gasteiger partial charge is 0.163 e. The minimum Gasteiger partial charge on any atom is -0.348 e. The van der Waals surface area contributed by atoms with E-state index in [9.17, 15) is 0 Å². The van der Waals surface area contributed by atoms with Gasteiger partial charge >= 0.3 is 0 Å². The van der Waals surface area contributed by atoms with Crippen molar-refractivity contribution in [1.29, 1.82) is 0 Å². The molecule has 1 aliphatic heterocycles. The Morgan fingerprint density at radius 3 is 2.75 bits per heavy atom. The van der Waals surface area contributed by atoms with Gasteiger partial charge in [0.1, 0.15) is 6.10 Å². The lowest BCUT2D eigenvalue weighted by atomic mass is 10.1. The van der Waals surface area contributed by atoms with E-state index in [0.29, 0.717) is 6.61 Å². The molecule has 2 rings (SSSR count). The van der Waals surface area contributed by atoms with Gasteiger partial charge < -0.3 is 14.8 Å². The fourth-order valence-corrected chi connectivity index (χ4v) is 2.25. The van der Waals surface area contributed by atoms with Gasteiger partial charge in [0.2, 0.25) is 0 Å². The van der Waals surface area contributed by atoms with Crippen molar-refractivity contribution < 1.29 is 9.47 Å². The van der Waals surface area contributed by atoms with Crippen molar-refractivity contribution in [2.24, 2.45) is 0 Å². The topological polar surface area (TPSA) is 30.5 Å².